The average molecular weight is 317 g/mol. The SMILES string of the molecule is C=C(C)C(=O)CCNC(=O)C1=C(C(=O)O)C2(C)C(C)=C(C)C12C. The van der Waals surface area contributed by atoms with Gasteiger partial charge in [0.25, 0.3) is 0 Å². The predicted molar refractivity (Wildman–Crippen MR) is 86.7 cm³/mol. The van der Waals surface area contributed by atoms with Gasteiger partial charge >= 0.3 is 5.97 Å². The molecule has 2 N–H and O–H groups in total. The zero-order valence-electron chi connectivity index (χ0n) is 14.3. The number of carbonyl (C=O) groups excluding carboxylic acids is 2. The van der Waals surface area contributed by atoms with Crippen molar-refractivity contribution in [1.29, 1.82) is 0 Å². The topological polar surface area (TPSA) is 83.5 Å². The molecular formula is C18H23NO4. The minimum absolute atomic E-state index is 0.113. The number of fused-ring (bicyclic) bond motifs is 1. The molecule has 0 saturated heterocycles. The second-order valence-corrected chi connectivity index (χ2v) is 6.76. The van der Waals surface area contributed by atoms with Crippen LogP contribution in [0.3, 0.4) is 0 Å². The van der Waals surface area contributed by atoms with Crippen molar-refractivity contribution in [3.8, 4) is 0 Å². The van der Waals surface area contributed by atoms with E-state index in [0.29, 0.717) is 11.1 Å². The molecule has 0 fully saturated rings. The molecule has 0 aliphatic heterocycles. The van der Waals surface area contributed by atoms with Gasteiger partial charge in [-0.25, -0.2) is 4.79 Å². The number of ketones is 1. The van der Waals surface area contributed by atoms with Crippen LogP contribution in [0, 0.1) is 10.8 Å². The summed E-state index contributed by atoms with van der Waals surface area (Å²) in [5.74, 6) is -1.57. The molecule has 5 heteroatoms. The normalized spacial score (nSPS) is 28.6. The number of hydrogen-bond donors (Lipinski definition) is 2. The Balaban J connectivity index is 2.21. The minimum atomic E-state index is -1.06. The molecule has 0 heterocycles. The highest BCUT2D eigenvalue weighted by Crippen LogP contribution is 2.74. The van der Waals surface area contributed by atoms with Gasteiger partial charge < -0.3 is 10.4 Å². The zero-order chi connectivity index (χ0) is 17.7. The van der Waals surface area contributed by atoms with Crippen LogP contribution < -0.4 is 5.32 Å². The highest BCUT2D eigenvalue weighted by molar-refractivity contribution is 6.10. The van der Waals surface area contributed by atoms with Gasteiger partial charge in [-0.2, -0.15) is 0 Å². The van der Waals surface area contributed by atoms with Crippen LogP contribution >= 0.6 is 0 Å². The van der Waals surface area contributed by atoms with Crippen LogP contribution in [-0.2, 0) is 14.4 Å². The van der Waals surface area contributed by atoms with Gasteiger partial charge in [-0.3, -0.25) is 9.59 Å². The second kappa shape index (κ2) is 5.18. The summed E-state index contributed by atoms with van der Waals surface area (Å²) >= 11 is 0. The first-order chi connectivity index (χ1) is 10.5. The zero-order valence-corrected chi connectivity index (χ0v) is 14.3. The van der Waals surface area contributed by atoms with Crippen molar-refractivity contribution < 1.29 is 19.5 Å². The number of aliphatic carboxylic acids is 1. The van der Waals surface area contributed by atoms with E-state index in [0.717, 1.165) is 11.1 Å². The molecule has 0 aromatic carbocycles. The Bertz CT molecular complexity index is 713. The van der Waals surface area contributed by atoms with E-state index in [-0.39, 0.29) is 24.3 Å². The van der Waals surface area contributed by atoms with Crippen LogP contribution in [0.5, 0.6) is 0 Å². The van der Waals surface area contributed by atoms with Crippen LogP contribution in [0.25, 0.3) is 0 Å². The standard InChI is InChI=1S/C18H23NO4/c1-9(2)12(20)7-8-19-15(21)13-14(16(22)23)18(6)11(4)10(3)17(13,18)5/h1,7-8H2,2-6H3,(H,19,21)(H,22,23). The number of hydrogen-bond acceptors (Lipinski definition) is 3. The van der Waals surface area contributed by atoms with Crippen LogP contribution in [0.15, 0.2) is 34.4 Å². The molecule has 0 aromatic rings. The summed E-state index contributed by atoms with van der Waals surface area (Å²) < 4.78 is 0. The van der Waals surface area contributed by atoms with Gasteiger partial charge in [0.05, 0.1) is 5.57 Å². The summed E-state index contributed by atoms with van der Waals surface area (Å²) in [5.41, 5.74) is 1.89. The predicted octanol–water partition coefficient (Wildman–Crippen LogP) is 2.40. The first-order valence-electron chi connectivity index (χ1n) is 7.65. The Morgan fingerprint density at radius 2 is 1.57 bits per heavy atom. The maximum absolute atomic E-state index is 12.5. The van der Waals surface area contributed by atoms with Gasteiger partial charge in [0.15, 0.2) is 5.78 Å². The number of allylic oxidation sites excluding steroid dienone is 3. The summed E-state index contributed by atoms with van der Waals surface area (Å²) in [6.07, 6.45) is 0.165. The van der Waals surface area contributed by atoms with Crippen LogP contribution in [0.1, 0.15) is 41.0 Å². The maximum Gasteiger partial charge on any atom is 0.333 e. The quantitative estimate of drug-likeness (QED) is 0.582. The fourth-order valence-corrected chi connectivity index (χ4v) is 4.00. The largest absolute Gasteiger partial charge is 0.478 e. The molecule has 2 rings (SSSR count). The monoisotopic (exact) mass is 317 g/mol. The molecule has 0 bridgehead atoms. The summed E-state index contributed by atoms with van der Waals surface area (Å²) in [6.45, 7) is 13.0. The number of nitrogens with one attached hydrogen (secondary N) is 1. The number of amides is 1. The summed E-state index contributed by atoms with van der Waals surface area (Å²) in [5, 5.41) is 12.2. The van der Waals surface area contributed by atoms with E-state index in [2.05, 4.69) is 11.9 Å². The average Bonchev–Trinajstić information content (AvgIpc) is 2.48. The first-order valence-corrected chi connectivity index (χ1v) is 7.65. The molecule has 2 unspecified atom stereocenters. The Kier molecular flexibility index (Phi) is 3.87. The molecule has 0 spiro atoms. The molecule has 0 saturated carbocycles. The molecule has 2 aliphatic carbocycles. The lowest BCUT2D eigenvalue weighted by Crippen LogP contribution is -2.63. The molecule has 0 aromatic heterocycles. The van der Waals surface area contributed by atoms with Crippen molar-refractivity contribution in [2.75, 3.05) is 6.54 Å². The van der Waals surface area contributed by atoms with Gasteiger partial charge in [0.1, 0.15) is 0 Å². The molecule has 5 nitrogen and oxygen atoms in total. The Morgan fingerprint density at radius 1 is 1.09 bits per heavy atom. The summed E-state index contributed by atoms with van der Waals surface area (Å²) in [6, 6.07) is 0. The minimum Gasteiger partial charge on any atom is -0.478 e. The second-order valence-electron chi connectivity index (χ2n) is 6.76. The smallest absolute Gasteiger partial charge is 0.333 e. The Labute approximate surface area is 136 Å². The van der Waals surface area contributed by atoms with E-state index < -0.39 is 22.7 Å². The Hall–Kier alpha value is -2.17. The van der Waals surface area contributed by atoms with Gasteiger partial charge in [0.2, 0.25) is 5.91 Å². The fourth-order valence-electron chi connectivity index (χ4n) is 4.00. The van der Waals surface area contributed by atoms with Gasteiger partial charge in [0, 0.05) is 29.4 Å². The van der Waals surface area contributed by atoms with Crippen LogP contribution in [0.4, 0.5) is 0 Å². The molecule has 23 heavy (non-hydrogen) atoms. The lowest BCUT2D eigenvalue weighted by molar-refractivity contribution is -0.138. The number of rotatable bonds is 6. The number of carboxylic acids is 1. The van der Waals surface area contributed by atoms with E-state index in [9.17, 15) is 19.5 Å². The Morgan fingerprint density at radius 3 is 2.00 bits per heavy atom. The van der Waals surface area contributed by atoms with Crippen LogP contribution in [-0.4, -0.2) is 29.3 Å². The van der Waals surface area contributed by atoms with Gasteiger partial charge in [-0.1, -0.05) is 31.6 Å². The van der Waals surface area contributed by atoms with Crippen LogP contribution in [0.2, 0.25) is 0 Å². The number of carbonyl (C=O) groups is 3. The van der Waals surface area contributed by atoms with E-state index >= 15 is 0 Å². The highest BCUT2D eigenvalue weighted by Gasteiger charge is 2.71. The van der Waals surface area contributed by atoms with Gasteiger partial charge in [-0.15, -0.1) is 0 Å². The molecule has 2 aliphatic rings. The lowest BCUT2D eigenvalue weighted by atomic mass is 9.35. The molecule has 1 amide bonds. The number of Topliss-reactive ketones (excluding diaryl/α,β-unsaturated/α-hetero) is 1. The fraction of sp³-hybridized carbons (Fsp3) is 0.500. The third-order valence-corrected chi connectivity index (χ3v) is 5.87. The van der Waals surface area contributed by atoms with Crippen molar-refractivity contribution in [3.63, 3.8) is 0 Å². The van der Waals surface area contributed by atoms with Gasteiger partial charge in [-0.05, 0) is 26.3 Å². The van der Waals surface area contributed by atoms with Crippen molar-refractivity contribution in [2.24, 2.45) is 10.8 Å². The molecule has 124 valence electrons. The van der Waals surface area contributed by atoms with Crippen molar-refractivity contribution >= 4 is 17.7 Å². The van der Waals surface area contributed by atoms with E-state index in [1.807, 2.05) is 27.7 Å². The van der Waals surface area contributed by atoms with Crippen molar-refractivity contribution in [2.45, 2.75) is 41.0 Å². The molecular weight excluding hydrogens is 294 g/mol. The van der Waals surface area contributed by atoms with E-state index in [4.69, 9.17) is 0 Å². The molecule has 0 radical (unpaired) electrons. The van der Waals surface area contributed by atoms with E-state index in [1.165, 1.54) is 0 Å². The first kappa shape index (κ1) is 17.2. The maximum atomic E-state index is 12.5. The third-order valence-electron chi connectivity index (χ3n) is 5.87. The molecule has 2 atom stereocenters. The van der Waals surface area contributed by atoms with Crippen molar-refractivity contribution in [3.05, 3.63) is 34.4 Å². The summed E-state index contributed by atoms with van der Waals surface area (Å²) in [7, 11) is 0. The highest BCUT2D eigenvalue weighted by atomic mass is 16.4. The number of carboxylic acid groups (broad SMARTS) is 1. The third kappa shape index (κ3) is 1.95. The van der Waals surface area contributed by atoms with Crippen molar-refractivity contribution in [1.82, 2.24) is 5.32 Å². The summed E-state index contributed by atoms with van der Waals surface area (Å²) in [4.78, 5) is 35.6. The van der Waals surface area contributed by atoms with E-state index in [1.54, 1.807) is 6.92 Å². The lowest BCUT2D eigenvalue weighted by Gasteiger charge is -2.66.